The van der Waals surface area contributed by atoms with Crippen molar-refractivity contribution in [2.45, 2.75) is 13.8 Å². The Kier molecular flexibility index (Phi) is 2.09. The van der Waals surface area contributed by atoms with Crippen molar-refractivity contribution in [2.75, 3.05) is 0 Å². The number of aryl methyl sites for hydroxylation is 1. The van der Waals surface area contributed by atoms with Gasteiger partial charge in [0.25, 0.3) is 0 Å². The van der Waals surface area contributed by atoms with Crippen molar-refractivity contribution >= 4 is 6.08 Å². The van der Waals surface area contributed by atoms with E-state index in [1.54, 1.807) is 26.0 Å². The van der Waals surface area contributed by atoms with Crippen molar-refractivity contribution in [3.63, 3.8) is 0 Å². The van der Waals surface area contributed by atoms with Crippen LogP contribution in [-0.4, -0.2) is 10.2 Å². The highest BCUT2D eigenvalue weighted by Crippen LogP contribution is 2.34. The summed E-state index contributed by atoms with van der Waals surface area (Å²) in [6, 6.07) is 1.79. The molecule has 0 atom stereocenters. The standard InChI is InChI=1S/C10H12O2/c1-4-8-5-6(2)9(11)10(12)7(8)3/h4-5,11-12H,1H2,2-3H3. The maximum absolute atomic E-state index is 9.40. The van der Waals surface area contributed by atoms with Crippen LogP contribution in [0, 0.1) is 13.8 Å². The summed E-state index contributed by atoms with van der Waals surface area (Å²) in [6.07, 6.45) is 1.65. The quantitative estimate of drug-likeness (QED) is 0.625. The van der Waals surface area contributed by atoms with Crippen molar-refractivity contribution in [3.05, 3.63) is 29.3 Å². The molecule has 1 aromatic rings. The average Bonchev–Trinajstić information content (AvgIpc) is 2.08. The van der Waals surface area contributed by atoms with E-state index in [1.165, 1.54) is 0 Å². The highest BCUT2D eigenvalue weighted by Gasteiger charge is 2.08. The summed E-state index contributed by atoms with van der Waals surface area (Å²) in [5, 5.41) is 18.7. The summed E-state index contributed by atoms with van der Waals surface area (Å²) in [6.45, 7) is 7.09. The van der Waals surface area contributed by atoms with Crippen molar-refractivity contribution in [1.82, 2.24) is 0 Å². The Bertz CT molecular complexity index is 327. The number of aromatic hydroxyl groups is 2. The second kappa shape index (κ2) is 2.89. The van der Waals surface area contributed by atoms with Gasteiger partial charge in [0.15, 0.2) is 11.5 Å². The van der Waals surface area contributed by atoms with E-state index in [0.29, 0.717) is 11.1 Å². The number of phenolic OH excluding ortho intramolecular Hbond substituents is 2. The van der Waals surface area contributed by atoms with E-state index in [4.69, 9.17) is 0 Å². The zero-order chi connectivity index (χ0) is 9.30. The maximum Gasteiger partial charge on any atom is 0.161 e. The van der Waals surface area contributed by atoms with Gasteiger partial charge in [-0.05, 0) is 31.0 Å². The topological polar surface area (TPSA) is 40.5 Å². The number of phenols is 2. The molecule has 64 valence electrons. The van der Waals surface area contributed by atoms with Crippen LogP contribution in [0.5, 0.6) is 11.5 Å². The van der Waals surface area contributed by atoms with Crippen molar-refractivity contribution < 1.29 is 10.2 Å². The fraction of sp³-hybridized carbons (Fsp3) is 0.200. The first kappa shape index (κ1) is 8.65. The SMILES string of the molecule is C=Cc1cc(C)c(O)c(O)c1C. The fourth-order valence-corrected chi connectivity index (χ4v) is 1.12. The Morgan fingerprint density at radius 3 is 2.33 bits per heavy atom. The number of rotatable bonds is 1. The van der Waals surface area contributed by atoms with E-state index in [2.05, 4.69) is 6.58 Å². The monoisotopic (exact) mass is 164 g/mol. The molecule has 0 fully saturated rings. The average molecular weight is 164 g/mol. The third-order valence-electron chi connectivity index (χ3n) is 1.98. The first-order chi connectivity index (χ1) is 5.57. The van der Waals surface area contributed by atoms with Gasteiger partial charge in [-0.1, -0.05) is 12.7 Å². The number of hydrogen-bond acceptors (Lipinski definition) is 2. The van der Waals surface area contributed by atoms with Crippen LogP contribution in [0.1, 0.15) is 16.7 Å². The highest BCUT2D eigenvalue weighted by molar-refractivity contribution is 5.62. The molecule has 0 saturated carbocycles. The molecule has 2 heteroatoms. The minimum atomic E-state index is -0.0510. The molecule has 0 amide bonds. The molecule has 0 aliphatic carbocycles. The Morgan fingerprint density at radius 2 is 1.83 bits per heavy atom. The Labute approximate surface area is 71.8 Å². The number of hydrogen-bond donors (Lipinski definition) is 2. The predicted molar refractivity (Wildman–Crippen MR) is 49.3 cm³/mol. The minimum Gasteiger partial charge on any atom is -0.504 e. The molecule has 0 aromatic heterocycles. The smallest absolute Gasteiger partial charge is 0.161 e. The molecule has 1 rings (SSSR count). The summed E-state index contributed by atoms with van der Waals surface area (Å²) in [4.78, 5) is 0. The highest BCUT2D eigenvalue weighted by atomic mass is 16.3. The molecule has 0 radical (unpaired) electrons. The van der Waals surface area contributed by atoms with E-state index < -0.39 is 0 Å². The summed E-state index contributed by atoms with van der Waals surface area (Å²) in [5.41, 5.74) is 2.17. The maximum atomic E-state index is 9.40. The van der Waals surface area contributed by atoms with Crippen LogP contribution < -0.4 is 0 Å². The fourth-order valence-electron chi connectivity index (χ4n) is 1.12. The lowest BCUT2D eigenvalue weighted by molar-refractivity contribution is 0.398. The van der Waals surface area contributed by atoms with E-state index in [0.717, 1.165) is 5.56 Å². The zero-order valence-electron chi connectivity index (χ0n) is 7.26. The van der Waals surface area contributed by atoms with E-state index in [1.807, 2.05) is 0 Å². The summed E-state index contributed by atoms with van der Waals surface area (Å²) >= 11 is 0. The lowest BCUT2D eigenvalue weighted by Gasteiger charge is -2.07. The number of benzene rings is 1. The van der Waals surface area contributed by atoms with Crippen LogP contribution in [-0.2, 0) is 0 Å². The lowest BCUT2D eigenvalue weighted by Crippen LogP contribution is -1.85. The summed E-state index contributed by atoms with van der Waals surface area (Å²) in [5.74, 6) is -0.0944. The van der Waals surface area contributed by atoms with E-state index in [9.17, 15) is 10.2 Å². The second-order valence-corrected chi connectivity index (χ2v) is 2.81. The Morgan fingerprint density at radius 1 is 1.25 bits per heavy atom. The normalized spacial score (nSPS) is 9.83. The third kappa shape index (κ3) is 1.16. The van der Waals surface area contributed by atoms with Crippen LogP contribution in [0.2, 0.25) is 0 Å². The molecule has 0 unspecified atom stereocenters. The van der Waals surface area contributed by atoms with E-state index >= 15 is 0 Å². The van der Waals surface area contributed by atoms with Crippen LogP contribution >= 0.6 is 0 Å². The molecule has 12 heavy (non-hydrogen) atoms. The van der Waals surface area contributed by atoms with Crippen LogP contribution in [0.15, 0.2) is 12.6 Å². The molecule has 0 bridgehead atoms. The molecule has 1 aromatic carbocycles. The molecule has 2 N–H and O–H groups in total. The molecule has 0 aliphatic heterocycles. The largest absolute Gasteiger partial charge is 0.504 e. The second-order valence-electron chi connectivity index (χ2n) is 2.81. The molecular formula is C10H12O2. The van der Waals surface area contributed by atoms with Crippen LogP contribution in [0.4, 0.5) is 0 Å². The predicted octanol–water partition coefficient (Wildman–Crippen LogP) is 2.36. The molecule has 0 heterocycles. The Hall–Kier alpha value is -1.44. The van der Waals surface area contributed by atoms with Gasteiger partial charge in [-0.2, -0.15) is 0 Å². The van der Waals surface area contributed by atoms with Crippen molar-refractivity contribution in [2.24, 2.45) is 0 Å². The van der Waals surface area contributed by atoms with Crippen molar-refractivity contribution in [3.8, 4) is 11.5 Å². The van der Waals surface area contributed by atoms with Gasteiger partial charge >= 0.3 is 0 Å². The van der Waals surface area contributed by atoms with Crippen LogP contribution in [0.3, 0.4) is 0 Å². The van der Waals surface area contributed by atoms with Crippen molar-refractivity contribution in [1.29, 1.82) is 0 Å². The molecule has 0 aliphatic rings. The molecule has 2 nitrogen and oxygen atoms in total. The summed E-state index contributed by atoms with van der Waals surface area (Å²) < 4.78 is 0. The van der Waals surface area contributed by atoms with E-state index in [-0.39, 0.29) is 11.5 Å². The Balaban J connectivity index is 3.49. The lowest BCUT2D eigenvalue weighted by atomic mass is 10.0. The zero-order valence-corrected chi connectivity index (χ0v) is 7.26. The van der Waals surface area contributed by atoms with Gasteiger partial charge in [0, 0.05) is 5.56 Å². The molecule has 0 saturated heterocycles. The van der Waals surface area contributed by atoms with Gasteiger partial charge in [0.2, 0.25) is 0 Å². The summed E-state index contributed by atoms with van der Waals surface area (Å²) in [7, 11) is 0. The third-order valence-corrected chi connectivity index (χ3v) is 1.98. The first-order valence-electron chi connectivity index (χ1n) is 3.72. The van der Waals surface area contributed by atoms with Gasteiger partial charge in [-0.15, -0.1) is 0 Å². The molecular weight excluding hydrogens is 152 g/mol. The minimum absolute atomic E-state index is 0.0434. The van der Waals surface area contributed by atoms with Gasteiger partial charge in [0.1, 0.15) is 0 Å². The molecule has 0 spiro atoms. The van der Waals surface area contributed by atoms with Crippen LogP contribution in [0.25, 0.3) is 6.08 Å². The first-order valence-corrected chi connectivity index (χ1v) is 3.72. The van der Waals surface area contributed by atoms with Gasteiger partial charge in [-0.25, -0.2) is 0 Å². The van der Waals surface area contributed by atoms with Gasteiger partial charge in [-0.3, -0.25) is 0 Å². The van der Waals surface area contributed by atoms with Gasteiger partial charge in [0.05, 0.1) is 0 Å². The van der Waals surface area contributed by atoms with Gasteiger partial charge < -0.3 is 10.2 Å².